The Hall–Kier alpha value is -3.50. The number of hydrogen-bond donors (Lipinski definition) is 3. The number of hydrogen-bond acceptors (Lipinski definition) is 15. The maximum absolute atomic E-state index is 13.1. The number of allylic oxidation sites excluding steroid dienone is 12. The third-order valence-corrected chi connectivity index (χ3v) is 18.5. The molecule has 570 valence electrons. The van der Waals surface area contributed by atoms with E-state index in [1.54, 1.807) is 0 Å². The average Bonchev–Trinajstić information content (AvgIpc) is 1.04. The van der Waals surface area contributed by atoms with Gasteiger partial charge in [0.1, 0.15) is 19.3 Å². The third kappa shape index (κ3) is 70.9. The molecule has 0 rings (SSSR count). The van der Waals surface area contributed by atoms with Gasteiger partial charge in [0.05, 0.1) is 26.4 Å². The number of carbonyl (C=O) groups is 4. The van der Waals surface area contributed by atoms with Crippen molar-refractivity contribution in [2.75, 3.05) is 39.6 Å². The molecule has 0 aromatic carbocycles. The van der Waals surface area contributed by atoms with Crippen molar-refractivity contribution in [1.29, 1.82) is 0 Å². The second-order valence-electron chi connectivity index (χ2n) is 26.3. The lowest BCUT2D eigenvalue weighted by molar-refractivity contribution is -0.161. The highest BCUT2D eigenvalue weighted by Crippen LogP contribution is 2.45. The minimum absolute atomic E-state index is 0.0796. The lowest BCUT2D eigenvalue weighted by Gasteiger charge is -2.21. The molecule has 98 heavy (non-hydrogen) atoms. The van der Waals surface area contributed by atoms with E-state index in [0.717, 1.165) is 167 Å². The number of rotatable bonds is 74. The highest BCUT2D eigenvalue weighted by atomic mass is 31.2. The average molecular weight is 1430 g/mol. The molecule has 5 atom stereocenters. The normalized spacial score (nSPS) is 14.3. The first-order chi connectivity index (χ1) is 47.7. The predicted molar refractivity (Wildman–Crippen MR) is 400 cm³/mol. The Bertz CT molecular complexity index is 2140. The van der Waals surface area contributed by atoms with Gasteiger partial charge in [-0.1, -0.05) is 255 Å². The summed E-state index contributed by atoms with van der Waals surface area (Å²) in [7, 11) is -9.95. The number of ether oxygens (including phenoxy) is 4. The molecule has 0 bridgehead atoms. The zero-order valence-electron chi connectivity index (χ0n) is 62.2. The SMILES string of the molecule is CCCCC/C=C\C/C=C\CCCCCCCC(=O)OC[C@H](COP(=O)(O)OC[C@H](O)COP(=O)(O)OC[C@@H](COC(=O)CCCCCCC/C=C\CCCCCC)OC(=O)CCCCCCC/C=C\C/C=C\CCCCC)OC(=O)CCCCCCC/C=C\CCCCCCCC. The zero-order valence-corrected chi connectivity index (χ0v) is 64.0. The Labute approximate surface area is 596 Å². The second-order valence-corrected chi connectivity index (χ2v) is 29.2. The monoisotopic (exact) mass is 1420 g/mol. The molecule has 2 unspecified atom stereocenters. The molecule has 17 nitrogen and oxygen atoms in total. The molecule has 0 radical (unpaired) electrons. The van der Waals surface area contributed by atoms with Gasteiger partial charge in [0.25, 0.3) is 0 Å². The summed E-state index contributed by atoms with van der Waals surface area (Å²) >= 11 is 0. The first kappa shape index (κ1) is 94.5. The third-order valence-electron chi connectivity index (χ3n) is 16.6. The summed E-state index contributed by atoms with van der Waals surface area (Å²) in [6, 6.07) is 0. The molecular weight excluding hydrogens is 1280 g/mol. The van der Waals surface area contributed by atoms with Gasteiger partial charge >= 0.3 is 39.5 Å². The molecule has 0 saturated heterocycles. The molecule has 0 aliphatic heterocycles. The Morgan fingerprint density at radius 2 is 0.500 bits per heavy atom. The van der Waals surface area contributed by atoms with Crippen LogP contribution in [0.1, 0.15) is 349 Å². The summed E-state index contributed by atoms with van der Waals surface area (Å²) in [5.41, 5.74) is 0. The second kappa shape index (κ2) is 71.9. The molecule has 0 spiro atoms. The molecule has 0 amide bonds. The van der Waals surface area contributed by atoms with Gasteiger partial charge in [-0.2, -0.15) is 0 Å². The molecule has 3 N–H and O–H groups in total. The quantitative estimate of drug-likeness (QED) is 0.0169. The van der Waals surface area contributed by atoms with Crippen LogP contribution in [0.25, 0.3) is 0 Å². The topological polar surface area (TPSA) is 237 Å². The minimum Gasteiger partial charge on any atom is -0.462 e. The van der Waals surface area contributed by atoms with Crippen LogP contribution in [-0.4, -0.2) is 96.7 Å². The molecule has 0 fully saturated rings. The number of carbonyl (C=O) groups excluding carboxylic acids is 4. The lowest BCUT2D eigenvalue weighted by Crippen LogP contribution is -2.30. The highest BCUT2D eigenvalue weighted by Gasteiger charge is 2.30. The predicted octanol–water partition coefficient (Wildman–Crippen LogP) is 22.4. The van der Waals surface area contributed by atoms with Crippen LogP contribution in [0.2, 0.25) is 0 Å². The van der Waals surface area contributed by atoms with E-state index < -0.39 is 97.5 Å². The smallest absolute Gasteiger partial charge is 0.462 e. The van der Waals surface area contributed by atoms with E-state index in [4.69, 9.17) is 37.0 Å². The minimum atomic E-state index is -4.98. The van der Waals surface area contributed by atoms with Crippen molar-refractivity contribution in [3.8, 4) is 0 Å². The fourth-order valence-electron chi connectivity index (χ4n) is 10.6. The van der Waals surface area contributed by atoms with E-state index in [9.17, 15) is 43.2 Å². The van der Waals surface area contributed by atoms with E-state index in [1.165, 1.54) is 103 Å². The Kier molecular flexibility index (Phi) is 69.3. The number of phosphoric acid groups is 2. The summed E-state index contributed by atoms with van der Waals surface area (Å²) in [6.45, 7) is 4.80. The fraction of sp³-hybridized carbons (Fsp3) is 0.797. The van der Waals surface area contributed by atoms with E-state index >= 15 is 0 Å². The summed E-state index contributed by atoms with van der Waals surface area (Å²) < 4.78 is 68.5. The Morgan fingerprint density at radius 3 is 0.796 bits per heavy atom. The Balaban J connectivity index is 5.37. The molecular formula is C79H142O17P2. The van der Waals surface area contributed by atoms with E-state index in [0.29, 0.717) is 25.7 Å². The van der Waals surface area contributed by atoms with Crippen molar-refractivity contribution < 1.29 is 80.2 Å². The van der Waals surface area contributed by atoms with Gasteiger partial charge < -0.3 is 33.8 Å². The number of esters is 4. The van der Waals surface area contributed by atoms with Crippen LogP contribution in [0.3, 0.4) is 0 Å². The summed E-state index contributed by atoms with van der Waals surface area (Å²) in [5, 5.41) is 10.6. The summed E-state index contributed by atoms with van der Waals surface area (Å²) in [6.07, 6.45) is 71.6. The van der Waals surface area contributed by atoms with Crippen molar-refractivity contribution in [2.24, 2.45) is 0 Å². The maximum Gasteiger partial charge on any atom is 0.472 e. The van der Waals surface area contributed by atoms with Gasteiger partial charge in [0, 0.05) is 25.7 Å². The van der Waals surface area contributed by atoms with Crippen molar-refractivity contribution in [3.05, 3.63) is 72.9 Å². The van der Waals surface area contributed by atoms with Crippen molar-refractivity contribution in [1.82, 2.24) is 0 Å². The highest BCUT2D eigenvalue weighted by molar-refractivity contribution is 7.47. The first-order valence-corrected chi connectivity index (χ1v) is 42.2. The molecule has 19 heteroatoms. The Morgan fingerprint density at radius 1 is 0.286 bits per heavy atom. The molecule has 0 heterocycles. The number of aliphatic hydroxyl groups excluding tert-OH is 1. The maximum atomic E-state index is 13.1. The van der Waals surface area contributed by atoms with Crippen molar-refractivity contribution >= 4 is 39.5 Å². The van der Waals surface area contributed by atoms with Crippen LogP contribution in [-0.2, 0) is 65.4 Å². The van der Waals surface area contributed by atoms with Crippen LogP contribution in [0, 0.1) is 0 Å². The van der Waals surface area contributed by atoms with Crippen LogP contribution in [0.15, 0.2) is 72.9 Å². The number of phosphoric ester groups is 2. The van der Waals surface area contributed by atoms with Crippen LogP contribution in [0.4, 0.5) is 0 Å². The van der Waals surface area contributed by atoms with Gasteiger partial charge in [0.15, 0.2) is 12.2 Å². The van der Waals surface area contributed by atoms with Gasteiger partial charge in [0.2, 0.25) is 0 Å². The standard InChI is InChI=1S/C79H142O17P2/c1-5-9-13-17-21-25-29-33-36-40-44-48-52-56-60-64-77(82)90-70-75(96-79(84)66-62-58-54-50-46-42-38-35-31-27-23-19-15-11-7-3)72-94-98(87,88)92-68-73(80)67-91-97(85,86)93-71-74(69-89-76(81)63-59-55-51-47-43-39-32-28-24-20-16-12-8-4)95-78(83)65-61-57-53-49-45-41-37-34-30-26-22-18-14-10-6-2/h21-22,25-26,28,32-38,73-75,80H,5-20,23-24,27,29-31,39-72H2,1-4H3,(H,85,86)(H,87,88)/b25-21-,26-22-,32-28-,36-33-,37-34-,38-35-/t73-,74-,75-/m1/s1. The fourth-order valence-corrected chi connectivity index (χ4v) is 12.1. The van der Waals surface area contributed by atoms with E-state index in [1.807, 2.05) is 0 Å². The largest absolute Gasteiger partial charge is 0.472 e. The van der Waals surface area contributed by atoms with Gasteiger partial charge in [-0.25, -0.2) is 9.13 Å². The van der Waals surface area contributed by atoms with Crippen LogP contribution in [0.5, 0.6) is 0 Å². The van der Waals surface area contributed by atoms with Gasteiger partial charge in [-0.15, -0.1) is 0 Å². The molecule has 0 aromatic heterocycles. The van der Waals surface area contributed by atoms with E-state index in [2.05, 4.69) is 101 Å². The lowest BCUT2D eigenvalue weighted by atomic mass is 10.1. The van der Waals surface area contributed by atoms with Crippen molar-refractivity contribution in [3.63, 3.8) is 0 Å². The van der Waals surface area contributed by atoms with Gasteiger partial charge in [-0.05, 0) is 141 Å². The first-order valence-electron chi connectivity index (χ1n) is 39.2. The summed E-state index contributed by atoms with van der Waals surface area (Å²) in [5.74, 6) is -2.20. The van der Waals surface area contributed by atoms with Crippen LogP contribution < -0.4 is 0 Å². The summed E-state index contributed by atoms with van der Waals surface area (Å²) in [4.78, 5) is 72.9. The molecule has 0 aliphatic rings. The molecule has 0 aliphatic carbocycles. The number of aliphatic hydroxyl groups is 1. The molecule has 0 aromatic rings. The van der Waals surface area contributed by atoms with Crippen molar-refractivity contribution in [2.45, 2.75) is 367 Å². The zero-order chi connectivity index (χ0) is 71.8. The molecule has 0 saturated carbocycles. The number of unbranched alkanes of at least 4 members (excludes halogenated alkanes) is 36. The van der Waals surface area contributed by atoms with Crippen LogP contribution >= 0.6 is 15.6 Å². The van der Waals surface area contributed by atoms with E-state index in [-0.39, 0.29) is 25.7 Å². The van der Waals surface area contributed by atoms with Gasteiger partial charge in [-0.3, -0.25) is 37.3 Å².